The molecule has 2 aromatic heterocycles. The summed E-state index contributed by atoms with van der Waals surface area (Å²) in [5.41, 5.74) is 2.64. The summed E-state index contributed by atoms with van der Waals surface area (Å²) in [5.74, 6) is 2.50. The number of likely N-dealkylation sites (tertiary alicyclic amines) is 1. The van der Waals surface area contributed by atoms with Crippen LogP contribution in [0.4, 0.5) is 0 Å². The minimum Gasteiger partial charge on any atom is -0.481 e. The minimum atomic E-state index is -0.0104. The standard InChI is InChI=1S/C28H36N6O3/c1-18(2)37-27-21(26(36-4)31-25(32-27)20-10-11-20)14-30-23-12-13-34(28(35)24-15-29-17-33(24)3)16-22(23)19-8-6-5-7-9-19/h5-9,15,17-18,20,22-23,30H,10-14,16H2,1-4H3/t22-,23-/m0/s1. The van der Waals surface area contributed by atoms with Gasteiger partial charge >= 0.3 is 0 Å². The summed E-state index contributed by atoms with van der Waals surface area (Å²) in [5, 5.41) is 3.75. The number of hydrogen-bond donors (Lipinski definition) is 1. The number of carbonyl (C=O) groups is 1. The van der Waals surface area contributed by atoms with Crippen molar-refractivity contribution in [2.24, 2.45) is 7.05 Å². The number of aryl methyl sites for hydroxylation is 1. The highest BCUT2D eigenvalue weighted by molar-refractivity contribution is 5.92. The molecule has 9 heteroatoms. The Morgan fingerprint density at radius 2 is 1.89 bits per heavy atom. The van der Waals surface area contributed by atoms with Crippen molar-refractivity contribution in [1.29, 1.82) is 0 Å². The van der Waals surface area contributed by atoms with Gasteiger partial charge in [-0.25, -0.2) is 4.98 Å². The second-order valence-electron chi connectivity index (χ2n) is 10.2. The van der Waals surface area contributed by atoms with Crippen LogP contribution in [0.3, 0.4) is 0 Å². The van der Waals surface area contributed by atoms with E-state index in [1.54, 1.807) is 24.2 Å². The third-order valence-electron chi connectivity index (χ3n) is 7.14. The van der Waals surface area contributed by atoms with Gasteiger partial charge in [0.05, 0.1) is 31.3 Å². The predicted molar refractivity (Wildman–Crippen MR) is 140 cm³/mol. The first-order chi connectivity index (χ1) is 17.9. The van der Waals surface area contributed by atoms with Crippen LogP contribution in [0.1, 0.15) is 72.4 Å². The molecule has 1 saturated heterocycles. The van der Waals surface area contributed by atoms with Gasteiger partial charge in [-0.1, -0.05) is 30.3 Å². The van der Waals surface area contributed by atoms with Crippen LogP contribution in [0, 0.1) is 0 Å². The molecule has 9 nitrogen and oxygen atoms in total. The Morgan fingerprint density at radius 1 is 1.14 bits per heavy atom. The predicted octanol–water partition coefficient (Wildman–Crippen LogP) is 3.67. The molecule has 1 aromatic carbocycles. The molecule has 2 atom stereocenters. The molecule has 3 heterocycles. The van der Waals surface area contributed by atoms with Crippen LogP contribution in [-0.4, -0.2) is 62.7 Å². The van der Waals surface area contributed by atoms with E-state index in [-0.39, 0.29) is 24.0 Å². The van der Waals surface area contributed by atoms with E-state index >= 15 is 0 Å². The number of nitrogens with one attached hydrogen (secondary N) is 1. The van der Waals surface area contributed by atoms with Crippen molar-refractivity contribution in [3.8, 4) is 11.8 Å². The summed E-state index contributed by atoms with van der Waals surface area (Å²) >= 11 is 0. The zero-order chi connectivity index (χ0) is 25.9. The lowest BCUT2D eigenvalue weighted by atomic mass is 9.85. The fourth-order valence-electron chi connectivity index (χ4n) is 5.00. The Balaban J connectivity index is 1.38. The molecule has 3 aromatic rings. The summed E-state index contributed by atoms with van der Waals surface area (Å²) in [6.07, 6.45) is 6.32. The van der Waals surface area contributed by atoms with Crippen molar-refractivity contribution >= 4 is 5.91 Å². The van der Waals surface area contributed by atoms with Crippen molar-refractivity contribution in [3.63, 3.8) is 0 Å². The normalized spacial score (nSPS) is 19.8. The van der Waals surface area contributed by atoms with Gasteiger partial charge in [-0.05, 0) is 38.7 Å². The molecule has 2 aliphatic rings. The topological polar surface area (TPSA) is 94.4 Å². The highest BCUT2D eigenvalue weighted by Crippen LogP contribution is 2.40. The molecule has 1 saturated carbocycles. The Bertz CT molecular complexity index is 1220. The zero-order valence-electron chi connectivity index (χ0n) is 22.1. The Morgan fingerprint density at radius 3 is 2.54 bits per heavy atom. The molecular weight excluding hydrogens is 468 g/mol. The average Bonchev–Trinajstić information content (AvgIpc) is 3.67. The highest BCUT2D eigenvalue weighted by atomic mass is 16.5. The van der Waals surface area contributed by atoms with Crippen molar-refractivity contribution in [3.05, 3.63) is 65.5 Å². The van der Waals surface area contributed by atoms with Gasteiger partial charge in [-0.3, -0.25) is 4.79 Å². The number of piperidine rings is 1. The molecule has 1 amide bonds. The number of amides is 1. The molecule has 1 aliphatic carbocycles. The summed E-state index contributed by atoms with van der Waals surface area (Å²) in [6.45, 7) is 5.80. The number of benzene rings is 1. The van der Waals surface area contributed by atoms with Gasteiger partial charge in [-0.2, -0.15) is 9.97 Å². The van der Waals surface area contributed by atoms with E-state index in [4.69, 9.17) is 19.4 Å². The Hall–Kier alpha value is -3.46. The zero-order valence-corrected chi connectivity index (χ0v) is 22.1. The second-order valence-corrected chi connectivity index (χ2v) is 10.2. The van der Waals surface area contributed by atoms with E-state index in [0.717, 1.165) is 30.7 Å². The number of nitrogens with zero attached hydrogens (tertiary/aromatic N) is 5. The molecule has 5 rings (SSSR count). The summed E-state index contributed by atoms with van der Waals surface area (Å²) < 4.78 is 13.6. The lowest BCUT2D eigenvalue weighted by molar-refractivity contribution is 0.0670. The largest absolute Gasteiger partial charge is 0.481 e. The molecule has 1 N–H and O–H groups in total. The molecule has 1 aliphatic heterocycles. The number of ether oxygens (including phenoxy) is 2. The van der Waals surface area contributed by atoms with Crippen LogP contribution in [0.2, 0.25) is 0 Å². The first kappa shape index (κ1) is 25.2. The quantitative estimate of drug-likeness (QED) is 0.475. The van der Waals surface area contributed by atoms with E-state index in [1.165, 1.54) is 5.56 Å². The number of aromatic nitrogens is 4. The number of carbonyl (C=O) groups excluding carboxylic acids is 1. The smallest absolute Gasteiger partial charge is 0.272 e. The maximum atomic E-state index is 13.3. The van der Waals surface area contributed by atoms with Crippen LogP contribution >= 0.6 is 0 Å². The maximum Gasteiger partial charge on any atom is 0.272 e. The Kier molecular flexibility index (Phi) is 7.41. The van der Waals surface area contributed by atoms with Crippen LogP contribution in [0.25, 0.3) is 0 Å². The minimum absolute atomic E-state index is 0.0104. The molecule has 37 heavy (non-hydrogen) atoms. The summed E-state index contributed by atoms with van der Waals surface area (Å²) in [4.78, 5) is 28.8. The van der Waals surface area contributed by atoms with E-state index in [0.29, 0.717) is 43.0 Å². The van der Waals surface area contributed by atoms with E-state index in [1.807, 2.05) is 31.9 Å². The summed E-state index contributed by atoms with van der Waals surface area (Å²) in [7, 11) is 3.50. The third-order valence-corrected chi connectivity index (χ3v) is 7.14. The first-order valence-corrected chi connectivity index (χ1v) is 13.1. The summed E-state index contributed by atoms with van der Waals surface area (Å²) in [6, 6.07) is 10.6. The molecule has 0 bridgehead atoms. The molecule has 2 fully saturated rings. The van der Waals surface area contributed by atoms with E-state index in [2.05, 4.69) is 34.6 Å². The maximum absolute atomic E-state index is 13.3. The van der Waals surface area contributed by atoms with Crippen LogP contribution in [0.15, 0.2) is 42.9 Å². The van der Waals surface area contributed by atoms with Gasteiger partial charge in [0.1, 0.15) is 11.5 Å². The van der Waals surface area contributed by atoms with Gasteiger partial charge < -0.3 is 24.3 Å². The van der Waals surface area contributed by atoms with Gasteiger partial charge in [0.15, 0.2) is 0 Å². The monoisotopic (exact) mass is 504 g/mol. The number of hydrogen-bond acceptors (Lipinski definition) is 7. The van der Waals surface area contributed by atoms with E-state index in [9.17, 15) is 4.79 Å². The van der Waals surface area contributed by atoms with Crippen LogP contribution < -0.4 is 14.8 Å². The average molecular weight is 505 g/mol. The number of imidazole rings is 1. The fourth-order valence-corrected chi connectivity index (χ4v) is 5.00. The van der Waals surface area contributed by atoms with Crippen LogP contribution in [-0.2, 0) is 13.6 Å². The Labute approximate surface area is 218 Å². The van der Waals surface area contributed by atoms with Gasteiger partial charge in [0, 0.05) is 44.6 Å². The molecule has 0 unspecified atom stereocenters. The molecule has 0 spiro atoms. The lowest BCUT2D eigenvalue weighted by Gasteiger charge is -2.39. The van der Waals surface area contributed by atoms with Gasteiger partial charge in [-0.15, -0.1) is 0 Å². The first-order valence-electron chi connectivity index (χ1n) is 13.1. The van der Waals surface area contributed by atoms with Gasteiger partial charge in [0.25, 0.3) is 5.91 Å². The van der Waals surface area contributed by atoms with Crippen LogP contribution in [0.5, 0.6) is 11.8 Å². The SMILES string of the molecule is COc1nc(C2CC2)nc(OC(C)C)c1CN[C@H]1CCN(C(=O)c2cncn2C)C[C@H]1c1ccccc1. The lowest BCUT2D eigenvalue weighted by Crippen LogP contribution is -2.50. The third kappa shape index (κ3) is 5.61. The van der Waals surface area contributed by atoms with Crippen molar-refractivity contribution in [2.45, 2.75) is 63.6 Å². The van der Waals surface area contributed by atoms with Crippen molar-refractivity contribution in [2.75, 3.05) is 20.2 Å². The molecule has 0 radical (unpaired) electrons. The molecular formula is C28H36N6O3. The highest BCUT2D eigenvalue weighted by Gasteiger charge is 2.34. The fraction of sp³-hybridized carbons (Fsp3) is 0.500. The van der Waals surface area contributed by atoms with Gasteiger partial charge in [0.2, 0.25) is 11.8 Å². The van der Waals surface area contributed by atoms with Crippen molar-refractivity contribution < 1.29 is 14.3 Å². The number of rotatable bonds is 9. The van der Waals surface area contributed by atoms with E-state index < -0.39 is 0 Å². The van der Waals surface area contributed by atoms with Crippen molar-refractivity contribution in [1.82, 2.24) is 29.7 Å². The second kappa shape index (κ2) is 10.9. The number of methoxy groups -OCH3 is 1. The molecule has 196 valence electrons.